The molecule has 0 radical (unpaired) electrons. The summed E-state index contributed by atoms with van der Waals surface area (Å²) in [5, 5.41) is 13.3. The number of anilines is 2. The number of carbonyl (C=O) groups is 1. The zero-order chi connectivity index (χ0) is 21.2. The summed E-state index contributed by atoms with van der Waals surface area (Å²) in [7, 11) is -3.91. The van der Waals surface area contributed by atoms with E-state index >= 15 is 0 Å². The Labute approximate surface area is 164 Å². The Kier molecular flexibility index (Phi) is 5.46. The van der Waals surface area contributed by atoms with Gasteiger partial charge in [-0.2, -0.15) is 0 Å². The standard InChI is InChI=1S/C17H16FN5O5S/c18-10-7-13(16(19)14(8-10)23(25)26)17(24)21-11-3-1-4-12(9-11)29(27,28)22-15-5-2-6-20-15/h1,3-4,7-9H,2,5-6,19H2,(H,20,22)(H,21,24). The lowest BCUT2D eigenvalue weighted by Gasteiger charge is -2.11. The van der Waals surface area contributed by atoms with Crippen LogP contribution in [-0.2, 0) is 10.0 Å². The molecule has 1 heterocycles. The average Bonchev–Trinajstić information content (AvgIpc) is 3.15. The summed E-state index contributed by atoms with van der Waals surface area (Å²) in [6, 6.07) is 6.70. The van der Waals surface area contributed by atoms with E-state index in [-0.39, 0.29) is 10.6 Å². The molecule has 3 rings (SSSR count). The van der Waals surface area contributed by atoms with Gasteiger partial charge in [0.05, 0.1) is 21.4 Å². The smallest absolute Gasteiger partial charge is 0.295 e. The molecule has 0 fully saturated rings. The van der Waals surface area contributed by atoms with Gasteiger partial charge < -0.3 is 11.1 Å². The highest BCUT2D eigenvalue weighted by Gasteiger charge is 2.23. The van der Waals surface area contributed by atoms with Crippen LogP contribution < -0.4 is 15.8 Å². The van der Waals surface area contributed by atoms with Crippen LogP contribution in [0.3, 0.4) is 0 Å². The molecular formula is C17H16FN5O5S. The van der Waals surface area contributed by atoms with Crippen LogP contribution in [0.1, 0.15) is 23.2 Å². The molecule has 0 aliphatic carbocycles. The van der Waals surface area contributed by atoms with Gasteiger partial charge in [-0.15, -0.1) is 0 Å². The van der Waals surface area contributed by atoms with Crippen LogP contribution in [0.15, 0.2) is 46.3 Å². The fourth-order valence-corrected chi connectivity index (χ4v) is 3.85. The minimum Gasteiger partial charge on any atom is -0.393 e. The molecule has 0 aromatic heterocycles. The molecule has 0 saturated heterocycles. The van der Waals surface area contributed by atoms with Crippen molar-refractivity contribution in [2.75, 3.05) is 17.6 Å². The van der Waals surface area contributed by atoms with Crippen molar-refractivity contribution in [2.24, 2.45) is 4.99 Å². The van der Waals surface area contributed by atoms with Gasteiger partial charge >= 0.3 is 0 Å². The lowest BCUT2D eigenvalue weighted by atomic mass is 10.1. The fourth-order valence-electron chi connectivity index (χ4n) is 2.72. The van der Waals surface area contributed by atoms with E-state index in [1.807, 2.05) is 0 Å². The van der Waals surface area contributed by atoms with E-state index in [9.17, 15) is 27.7 Å². The highest BCUT2D eigenvalue weighted by atomic mass is 32.2. The molecule has 0 bridgehead atoms. The predicted molar refractivity (Wildman–Crippen MR) is 104 cm³/mol. The number of nitrogens with zero attached hydrogens (tertiary/aromatic N) is 2. The number of amidine groups is 1. The number of halogens is 1. The summed E-state index contributed by atoms with van der Waals surface area (Å²) in [4.78, 5) is 26.4. The maximum Gasteiger partial charge on any atom is 0.295 e. The van der Waals surface area contributed by atoms with E-state index in [4.69, 9.17) is 5.73 Å². The Morgan fingerprint density at radius 2 is 2.03 bits per heavy atom. The molecule has 10 nitrogen and oxygen atoms in total. The van der Waals surface area contributed by atoms with Gasteiger partial charge in [-0.3, -0.25) is 24.6 Å². The summed E-state index contributed by atoms with van der Waals surface area (Å²) in [5.41, 5.74) is 4.01. The van der Waals surface area contributed by atoms with Crippen molar-refractivity contribution in [3.8, 4) is 0 Å². The molecular weight excluding hydrogens is 405 g/mol. The monoisotopic (exact) mass is 421 g/mol. The van der Waals surface area contributed by atoms with Crippen LogP contribution in [0.4, 0.5) is 21.5 Å². The van der Waals surface area contributed by atoms with Gasteiger partial charge in [-0.1, -0.05) is 6.07 Å². The van der Waals surface area contributed by atoms with Crippen molar-refractivity contribution < 1.29 is 22.5 Å². The molecule has 0 atom stereocenters. The van der Waals surface area contributed by atoms with E-state index in [1.165, 1.54) is 24.3 Å². The number of hydrogen-bond donors (Lipinski definition) is 3. The Morgan fingerprint density at radius 1 is 1.28 bits per heavy atom. The Morgan fingerprint density at radius 3 is 2.69 bits per heavy atom. The number of nitrogen functional groups attached to an aromatic ring is 1. The largest absolute Gasteiger partial charge is 0.393 e. The zero-order valence-corrected chi connectivity index (χ0v) is 15.7. The van der Waals surface area contributed by atoms with Gasteiger partial charge in [0, 0.05) is 18.7 Å². The Balaban J connectivity index is 1.85. The normalized spacial score (nSPS) is 13.6. The number of aliphatic imine (C=N–C) groups is 1. The van der Waals surface area contributed by atoms with Gasteiger partial charge in [0.2, 0.25) is 0 Å². The molecule has 29 heavy (non-hydrogen) atoms. The average molecular weight is 421 g/mol. The van der Waals surface area contributed by atoms with Crippen molar-refractivity contribution in [3.63, 3.8) is 0 Å². The van der Waals surface area contributed by atoms with Crippen LogP contribution in [-0.4, -0.2) is 31.6 Å². The SMILES string of the molecule is Nc1c(C(=O)Nc2cccc(S(=O)(=O)NC3=NCCC3)c2)cc(F)cc1[N+](=O)[O-]. The van der Waals surface area contributed by atoms with Crippen LogP contribution in [0, 0.1) is 15.9 Å². The van der Waals surface area contributed by atoms with Crippen LogP contribution in [0.5, 0.6) is 0 Å². The second-order valence-corrected chi connectivity index (χ2v) is 7.85. The Hall–Kier alpha value is -3.54. The van der Waals surface area contributed by atoms with E-state index in [1.54, 1.807) is 0 Å². The van der Waals surface area contributed by atoms with Crippen molar-refractivity contribution >= 4 is 38.8 Å². The highest BCUT2D eigenvalue weighted by molar-refractivity contribution is 7.90. The number of rotatable bonds is 5. The minimum absolute atomic E-state index is 0.0811. The first-order chi connectivity index (χ1) is 13.7. The molecule has 0 unspecified atom stereocenters. The third-order valence-corrected chi connectivity index (χ3v) is 5.47. The number of carbonyl (C=O) groups excluding carboxylic acids is 1. The van der Waals surface area contributed by atoms with Gasteiger partial charge in [0.1, 0.15) is 17.3 Å². The predicted octanol–water partition coefficient (Wildman–Crippen LogP) is 2.04. The molecule has 0 saturated carbocycles. The third kappa shape index (κ3) is 4.48. The van der Waals surface area contributed by atoms with Crippen LogP contribution in [0.25, 0.3) is 0 Å². The maximum absolute atomic E-state index is 13.6. The molecule has 12 heteroatoms. The molecule has 1 amide bonds. The lowest BCUT2D eigenvalue weighted by molar-refractivity contribution is -0.384. The minimum atomic E-state index is -3.91. The number of amides is 1. The topological polar surface area (TPSA) is 157 Å². The summed E-state index contributed by atoms with van der Waals surface area (Å²) in [6.45, 7) is 0.551. The van der Waals surface area contributed by atoms with E-state index in [0.717, 1.165) is 12.5 Å². The summed E-state index contributed by atoms with van der Waals surface area (Å²) < 4.78 is 41.0. The van der Waals surface area contributed by atoms with Gasteiger partial charge in [0.15, 0.2) is 0 Å². The van der Waals surface area contributed by atoms with Crippen molar-refractivity contribution in [1.29, 1.82) is 0 Å². The fraction of sp³-hybridized carbons (Fsp3) is 0.176. The molecule has 1 aliphatic heterocycles. The molecule has 4 N–H and O–H groups in total. The number of sulfonamides is 1. The van der Waals surface area contributed by atoms with Gasteiger partial charge in [-0.05, 0) is 30.7 Å². The quantitative estimate of drug-likeness (QED) is 0.381. The highest BCUT2D eigenvalue weighted by Crippen LogP contribution is 2.27. The second-order valence-electron chi connectivity index (χ2n) is 6.16. The lowest BCUT2D eigenvalue weighted by Crippen LogP contribution is -2.29. The first kappa shape index (κ1) is 20.2. The number of benzene rings is 2. The van der Waals surface area contributed by atoms with E-state index in [2.05, 4.69) is 15.0 Å². The molecule has 1 aliphatic rings. The van der Waals surface area contributed by atoms with Crippen LogP contribution >= 0.6 is 0 Å². The molecule has 0 spiro atoms. The van der Waals surface area contributed by atoms with Gasteiger partial charge in [0.25, 0.3) is 21.6 Å². The Bertz CT molecular complexity index is 1130. The summed E-state index contributed by atoms with van der Waals surface area (Å²) >= 11 is 0. The number of nitrogens with two attached hydrogens (primary N) is 1. The van der Waals surface area contributed by atoms with Crippen molar-refractivity contribution in [1.82, 2.24) is 4.72 Å². The van der Waals surface area contributed by atoms with Crippen molar-refractivity contribution in [3.05, 3.63) is 57.9 Å². The number of nitrogens with one attached hydrogen (secondary N) is 2. The first-order valence-electron chi connectivity index (χ1n) is 8.38. The van der Waals surface area contributed by atoms with Crippen molar-refractivity contribution in [2.45, 2.75) is 17.7 Å². The van der Waals surface area contributed by atoms with E-state index in [0.29, 0.717) is 24.9 Å². The van der Waals surface area contributed by atoms with Gasteiger partial charge in [-0.25, -0.2) is 12.8 Å². The molecule has 2 aromatic rings. The summed E-state index contributed by atoms with van der Waals surface area (Å²) in [5.74, 6) is -1.57. The van der Waals surface area contributed by atoms with Crippen LogP contribution in [0.2, 0.25) is 0 Å². The number of nitro groups is 1. The maximum atomic E-state index is 13.6. The van der Waals surface area contributed by atoms with E-state index < -0.39 is 43.6 Å². The molecule has 2 aromatic carbocycles. The third-order valence-electron chi connectivity index (χ3n) is 4.09. The number of nitro benzene ring substituents is 1. The summed E-state index contributed by atoms with van der Waals surface area (Å²) in [6.07, 6.45) is 1.28. The molecule has 152 valence electrons. The number of hydrogen-bond acceptors (Lipinski definition) is 7. The second kappa shape index (κ2) is 7.83. The zero-order valence-electron chi connectivity index (χ0n) is 14.9. The first-order valence-corrected chi connectivity index (χ1v) is 9.86.